The van der Waals surface area contributed by atoms with E-state index < -0.39 is 23.9 Å². The molecule has 1 aliphatic heterocycles. The van der Waals surface area contributed by atoms with Gasteiger partial charge in [0.15, 0.2) is 0 Å². The fourth-order valence-electron chi connectivity index (χ4n) is 3.58. The minimum absolute atomic E-state index is 0.0654. The van der Waals surface area contributed by atoms with E-state index in [1.807, 2.05) is 0 Å². The van der Waals surface area contributed by atoms with Gasteiger partial charge in [0.1, 0.15) is 5.82 Å². The van der Waals surface area contributed by atoms with Crippen molar-refractivity contribution >= 4 is 29.3 Å². The first-order valence-electron chi connectivity index (χ1n) is 10.6. The molecule has 1 aliphatic carbocycles. The number of nitriles is 1. The maximum absolute atomic E-state index is 12.9. The van der Waals surface area contributed by atoms with Gasteiger partial charge in [-0.25, -0.2) is 9.78 Å². The van der Waals surface area contributed by atoms with Crippen molar-refractivity contribution in [3.05, 3.63) is 11.3 Å². The standard InChI is InChI=1S/C18H24ClF2N5.C2HF3O2/c19-18(20,21)8-9-23-16-14-4-2-1-3-5-15(14)24-17(25-16)26-10-6-13(12-22)7-11-26;3-2(4,5)1(6)7/h13H,1-11H2,(H,23,24,25);(H,6,7). The highest BCUT2D eigenvalue weighted by Crippen LogP contribution is 2.30. The molecule has 2 N–H and O–H groups in total. The van der Waals surface area contributed by atoms with Crippen LogP contribution in [0, 0.1) is 17.2 Å². The Bertz CT molecular complexity index is 849. The number of hydrogen-bond acceptors (Lipinski definition) is 6. The Morgan fingerprint density at radius 3 is 2.30 bits per heavy atom. The highest BCUT2D eigenvalue weighted by atomic mass is 35.5. The summed E-state index contributed by atoms with van der Waals surface area (Å²) in [6, 6.07) is 2.32. The number of nitrogens with one attached hydrogen (secondary N) is 1. The quantitative estimate of drug-likeness (QED) is 0.344. The molecule has 0 unspecified atom stereocenters. The third kappa shape index (κ3) is 8.79. The van der Waals surface area contributed by atoms with Crippen molar-refractivity contribution in [2.24, 2.45) is 5.92 Å². The molecule has 1 aromatic rings. The highest BCUT2D eigenvalue weighted by molar-refractivity contribution is 6.21. The lowest BCUT2D eigenvalue weighted by atomic mass is 9.99. The number of hydrogen-bond donors (Lipinski definition) is 2. The van der Waals surface area contributed by atoms with Crippen LogP contribution in [0.15, 0.2) is 0 Å². The molecular formula is C20H25ClF5N5O2. The Morgan fingerprint density at radius 1 is 1.15 bits per heavy atom. The van der Waals surface area contributed by atoms with Crippen LogP contribution in [-0.2, 0) is 17.6 Å². The summed E-state index contributed by atoms with van der Waals surface area (Å²) >= 11 is 5.01. The minimum atomic E-state index is -5.08. The number of carboxylic acids is 1. The van der Waals surface area contributed by atoms with Gasteiger partial charge in [-0.1, -0.05) is 6.42 Å². The van der Waals surface area contributed by atoms with E-state index in [0.29, 0.717) is 11.8 Å². The van der Waals surface area contributed by atoms with Gasteiger partial charge in [-0.2, -0.15) is 32.2 Å². The lowest BCUT2D eigenvalue weighted by Gasteiger charge is -2.30. The van der Waals surface area contributed by atoms with Gasteiger partial charge >= 0.3 is 17.5 Å². The first-order valence-corrected chi connectivity index (χ1v) is 10.9. The third-order valence-corrected chi connectivity index (χ3v) is 5.51. The summed E-state index contributed by atoms with van der Waals surface area (Å²) in [5.41, 5.74) is 2.08. The predicted octanol–water partition coefficient (Wildman–Crippen LogP) is 4.75. The molecule has 2 heterocycles. The van der Waals surface area contributed by atoms with Gasteiger partial charge in [-0.15, -0.1) is 0 Å². The zero-order chi connectivity index (χ0) is 24.6. The first kappa shape index (κ1) is 26.8. The van der Waals surface area contributed by atoms with E-state index in [9.17, 15) is 22.0 Å². The average molecular weight is 498 g/mol. The van der Waals surface area contributed by atoms with Crippen molar-refractivity contribution in [2.45, 2.75) is 62.9 Å². The zero-order valence-electron chi connectivity index (χ0n) is 17.8. The molecule has 1 saturated heterocycles. The fraction of sp³-hybridized carbons (Fsp3) is 0.700. The molecule has 0 aromatic carbocycles. The molecule has 0 amide bonds. The summed E-state index contributed by atoms with van der Waals surface area (Å²) in [7, 11) is 0. The Kier molecular flexibility index (Phi) is 9.46. The van der Waals surface area contributed by atoms with E-state index in [0.717, 1.165) is 69.3 Å². The Balaban J connectivity index is 0.000000479. The van der Waals surface area contributed by atoms with Crippen LogP contribution in [-0.4, -0.2) is 52.2 Å². The molecule has 0 saturated carbocycles. The zero-order valence-corrected chi connectivity index (χ0v) is 18.5. The van der Waals surface area contributed by atoms with Crippen molar-refractivity contribution in [3.63, 3.8) is 0 Å². The number of aromatic nitrogens is 2. The van der Waals surface area contributed by atoms with Crippen LogP contribution in [0.1, 0.15) is 49.8 Å². The molecule has 13 heteroatoms. The van der Waals surface area contributed by atoms with Gasteiger partial charge < -0.3 is 15.3 Å². The van der Waals surface area contributed by atoms with Crippen LogP contribution >= 0.6 is 11.6 Å². The molecule has 0 radical (unpaired) electrons. The van der Waals surface area contributed by atoms with Gasteiger partial charge in [0.2, 0.25) is 5.95 Å². The summed E-state index contributed by atoms with van der Waals surface area (Å²) in [5, 5.41) is 16.0. The maximum Gasteiger partial charge on any atom is 0.490 e. The topological polar surface area (TPSA) is 102 Å². The summed E-state index contributed by atoms with van der Waals surface area (Å²) in [5.74, 6) is -1.36. The second-order valence-corrected chi connectivity index (χ2v) is 8.40. The van der Waals surface area contributed by atoms with Crippen molar-refractivity contribution in [1.82, 2.24) is 9.97 Å². The Hall–Kier alpha value is -2.42. The third-order valence-electron chi connectivity index (χ3n) is 5.33. The monoisotopic (exact) mass is 497 g/mol. The maximum atomic E-state index is 12.9. The molecular weight excluding hydrogens is 473 g/mol. The average Bonchev–Trinajstić information content (AvgIpc) is 2.98. The number of carboxylic acid groups (broad SMARTS) is 1. The predicted molar refractivity (Wildman–Crippen MR) is 111 cm³/mol. The van der Waals surface area contributed by atoms with Crippen LogP contribution in [0.3, 0.4) is 0 Å². The molecule has 2 aliphatic rings. The number of piperidine rings is 1. The molecule has 0 spiro atoms. The number of nitrogens with zero attached hydrogens (tertiary/aromatic N) is 4. The van der Waals surface area contributed by atoms with Gasteiger partial charge in [0, 0.05) is 37.5 Å². The van der Waals surface area contributed by atoms with Crippen LogP contribution in [0.2, 0.25) is 0 Å². The van der Waals surface area contributed by atoms with E-state index in [-0.39, 0.29) is 12.5 Å². The lowest BCUT2D eigenvalue weighted by Crippen LogP contribution is -2.35. The molecule has 3 rings (SSSR count). The van der Waals surface area contributed by atoms with Gasteiger partial charge in [-0.3, -0.25) is 0 Å². The molecule has 0 atom stereocenters. The number of aryl methyl sites for hydroxylation is 1. The van der Waals surface area contributed by atoms with Crippen LogP contribution < -0.4 is 10.2 Å². The normalized spacial score (nSPS) is 17.2. The summed E-state index contributed by atoms with van der Waals surface area (Å²) in [6.45, 7) is 1.56. The van der Waals surface area contributed by atoms with Crippen molar-refractivity contribution in [3.8, 4) is 6.07 Å². The smallest absolute Gasteiger partial charge is 0.475 e. The van der Waals surface area contributed by atoms with E-state index in [4.69, 9.17) is 31.7 Å². The van der Waals surface area contributed by atoms with Crippen molar-refractivity contribution < 1.29 is 31.9 Å². The Morgan fingerprint density at radius 2 is 1.76 bits per heavy atom. The number of fused-ring (bicyclic) bond motifs is 1. The molecule has 33 heavy (non-hydrogen) atoms. The van der Waals surface area contributed by atoms with E-state index in [1.54, 1.807) is 0 Å². The van der Waals surface area contributed by atoms with Gasteiger partial charge in [-0.05, 0) is 50.1 Å². The van der Waals surface area contributed by atoms with E-state index in [1.165, 1.54) is 0 Å². The number of carbonyl (C=O) groups is 1. The number of alkyl halides is 6. The molecule has 7 nitrogen and oxygen atoms in total. The van der Waals surface area contributed by atoms with Crippen molar-refractivity contribution in [1.29, 1.82) is 5.26 Å². The van der Waals surface area contributed by atoms with Crippen molar-refractivity contribution in [2.75, 3.05) is 29.9 Å². The SMILES string of the molecule is N#CC1CCN(c2nc3c(c(NCCC(F)(F)Cl)n2)CCCCC3)CC1.O=C(O)C(F)(F)F. The first-order chi connectivity index (χ1) is 15.4. The van der Waals surface area contributed by atoms with E-state index in [2.05, 4.69) is 21.3 Å². The van der Waals surface area contributed by atoms with Crippen LogP contribution in [0.4, 0.5) is 33.7 Å². The number of aliphatic carboxylic acids is 1. The Labute approximate surface area is 192 Å². The molecule has 1 fully saturated rings. The minimum Gasteiger partial charge on any atom is -0.475 e. The summed E-state index contributed by atoms with van der Waals surface area (Å²) in [6.07, 6.45) is 1.11. The molecule has 184 valence electrons. The molecule has 1 aromatic heterocycles. The second-order valence-electron chi connectivity index (χ2n) is 7.84. The molecule has 0 bridgehead atoms. The summed E-state index contributed by atoms with van der Waals surface area (Å²) in [4.78, 5) is 20.4. The summed E-state index contributed by atoms with van der Waals surface area (Å²) < 4.78 is 57.6. The highest BCUT2D eigenvalue weighted by Gasteiger charge is 2.38. The van der Waals surface area contributed by atoms with Crippen LogP contribution in [0.5, 0.6) is 0 Å². The fourth-order valence-corrected chi connectivity index (χ4v) is 3.67. The number of anilines is 2. The van der Waals surface area contributed by atoms with E-state index >= 15 is 0 Å². The van der Waals surface area contributed by atoms with Gasteiger partial charge in [0.25, 0.3) is 0 Å². The largest absolute Gasteiger partial charge is 0.490 e. The number of rotatable bonds is 5. The lowest BCUT2D eigenvalue weighted by molar-refractivity contribution is -0.192. The van der Waals surface area contributed by atoms with Gasteiger partial charge in [0.05, 0.1) is 11.8 Å². The number of halogens is 6. The van der Waals surface area contributed by atoms with Crippen LogP contribution in [0.25, 0.3) is 0 Å². The second kappa shape index (κ2) is 11.6.